The van der Waals surface area contributed by atoms with Crippen LogP contribution >= 0.6 is 0 Å². The van der Waals surface area contributed by atoms with Gasteiger partial charge in [0.1, 0.15) is 6.61 Å². The first kappa shape index (κ1) is 19.1. The van der Waals surface area contributed by atoms with Crippen molar-refractivity contribution in [2.24, 2.45) is 0 Å². The molecule has 3 aromatic carbocycles. The molecule has 4 aromatic rings. The highest BCUT2D eigenvalue weighted by Gasteiger charge is 2.28. The minimum Gasteiger partial charge on any atom is -0.449 e. The molecule has 2 N–H and O–H groups in total. The highest BCUT2D eigenvalue weighted by molar-refractivity contribution is 5.86. The molecule has 0 fully saturated rings. The summed E-state index contributed by atoms with van der Waals surface area (Å²) in [7, 11) is 0. The lowest BCUT2D eigenvalue weighted by atomic mass is 9.98. The smallest absolute Gasteiger partial charge is 0.407 e. The van der Waals surface area contributed by atoms with Crippen LogP contribution in [0, 0.1) is 0 Å². The Kier molecular flexibility index (Phi) is 5.23. The van der Waals surface area contributed by atoms with Gasteiger partial charge in [-0.3, -0.25) is 5.10 Å². The first-order chi connectivity index (χ1) is 15.3. The number of carbonyl (C=O) groups is 1. The summed E-state index contributed by atoms with van der Waals surface area (Å²) >= 11 is 0. The summed E-state index contributed by atoms with van der Waals surface area (Å²) in [4.78, 5) is 12.2. The summed E-state index contributed by atoms with van der Waals surface area (Å²) in [6.07, 6.45) is 6.23. The molecule has 0 unspecified atom stereocenters. The van der Waals surface area contributed by atoms with Crippen LogP contribution in [-0.4, -0.2) is 29.4 Å². The Morgan fingerprint density at radius 3 is 2.52 bits per heavy atom. The van der Waals surface area contributed by atoms with Gasteiger partial charge in [0.25, 0.3) is 0 Å². The number of amides is 1. The van der Waals surface area contributed by atoms with Crippen LogP contribution in [0.15, 0.2) is 79.0 Å². The van der Waals surface area contributed by atoms with Gasteiger partial charge in [0, 0.05) is 17.8 Å². The lowest BCUT2D eigenvalue weighted by Gasteiger charge is -2.14. The van der Waals surface area contributed by atoms with E-state index in [9.17, 15) is 4.79 Å². The molecule has 1 aliphatic carbocycles. The summed E-state index contributed by atoms with van der Waals surface area (Å²) in [5.41, 5.74) is 6.98. The molecule has 1 aromatic heterocycles. The number of rotatable bonds is 6. The lowest BCUT2D eigenvalue weighted by molar-refractivity contribution is 0.143. The molecule has 31 heavy (non-hydrogen) atoms. The van der Waals surface area contributed by atoms with Crippen LogP contribution in [0.25, 0.3) is 28.1 Å². The molecule has 5 rings (SSSR count). The molecule has 154 valence electrons. The predicted octanol–water partition coefficient (Wildman–Crippen LogP) is 5.50. The quantitative estimate of drug-likeness (QED) is 0.413. The van der Waals surface area contributed by atoms with Crippen LogP contribution in [0.1, 0.15) is 29.0 Å². The molecule has 1 amide bonds. The zero-order valence-electron chi connectivity index (χ0n) is 17.0. The van der Waals surface area contributed by atoms with Gasteiger partial charge in [-0.1, -0.05) is 78.9 Å². The molecule has 0 bridgehead atoms. The van der Waals surface area contributed by atoms with Crippen LogP contribution < -0.4 is 5.32 Å². The number of carbonyl (C=O) groups excluding carboxylic acids is 1. The molecule has 0 saturated carbocycles. The van der Waals surface area contributed by atoms with Crippen LogP contribution in [-0.2, 0) is 4.74 Å². The number of aromatic nitrogens is 2. The van der Waals surface area contributed by atoms with Crippen molar-refractivity contribution in [2.45, 2.75) is 12.3 Å². The number of hydrogen-bond acceptors (Lipinski definition) is 3. The topological polar surface area (TPSA) is 67.0 Å². The molecule has 0 saturated heterocycles. The molecule has 0 radical (unpaired) electrons. The Bertz CT molecular complexity index is 1210. The second-order valence-corrected chi connectivity index (χ2v) is 7.62. The van der Waals surface area contributed by atoms with Crippen molar-refractivity contribution < 1.29 is 9.53 Å². The van der Waals surface area contributed by atoms with Crippen molar-refractivity contribution >= 4 is 23.1 Å². The second kappa shape index (κ2) is 8.48. The van der Waals surface area contributed by atoms with E-state index in [2.05, 4.69) is 39.8 Å². The van der Waals surface area contributed by atoms with Crippen molar-refractivity contribution in [3.63, 3.8) is 0 Å². The van der Waals surface area contributed by atoms with Crippen molar-refractivity contribution in [3.8, 4) is 11.1 Å². The van der Waals surface area contributed by atoms with E-state index in [1.807, 2.05) is 60.8 Å². The Balaban J connectivity index is 1.14. The molecule has 1 aliphatic rings. The number of hydrogen-bond donors (Lipinski definition) is 2. The van der Waals surface area contributed by atoms with Gasteiger partial charge in [-0.25, -0.2) is 4.79 Å². The average Bonchev–Trinajstić information content (AvgIpc) is 3.41. The van der Waals surface area contributed by atoms with E-state index < -0.39 is 0 Å². The van der Waals surface area contributed by atoms with E-state index in [-0.39, 0.29) is 12.0 Å². The van der Waals surface area contributed by atoms with Gasteiger partial charge < -0.3 is 10.1 Å². The highest BCUT2D eigenvalue weighted by atomic mass is 16.5. The maximum atomic E-state index is 12.2. The third kappa shape index (κ3) is 3.82. The van der Waals surface area contributed by atoms with Crippen LogP contribution in [0.4, 0.5) is 4.79 Å². The third-order valence-electron chi connectivity index (χ3n) is 5.73. The number of H-pyrrole nitrogens is 1. The van der Waals surface area contributed by atoms with Gasteiger partial charge >= 0.3 is 6.09 Å². The highest BCUT2D eigenvalue weighted by Crippen LogP contribution is 2.44. The predicted molar refractivity (Wildman–Crippen MR) is 123 cm³/mol. The van der Waals surface area contributed by atoms with E-state index in [0.29, 0.717) is 19.6 Å². The van der Waals surface area contributed by atoms with Crippen molar-refractivity contribution in [3.05, 3.63) is 95.7 Å². The molecular formula is C26H23N3O2. The summed E-state index contributed by atoms with van der Waals surface area (Å²) in [5, 5.41) is 11.0. The minimum atomic E-state index is -0.383. The van der Waals surface area contributed by atoms with Gasteiger partial charge in [-0.05, 0) is 34.2 Å². The third-order valence-corrected chi connectivity index (χ3v) is 5.73. The van der Waals surface area contributed by atoms with Crippen molar-refractivity contribution in [1.82, 2.24) is 15.5 Å². The van der Waals surface area contributed by atoms with Gasteiger partial charge in [-0.15, -0.1) is 0 Å². The molecule has 5 heteroatoms. The first-order valence-electron chi connectivity index (χ1n) is 10.5. The van der Waals surface area contributed by atoms with Gasteiger partial charge in [-0.2, -0.15) is 5.10 Å². The number of para-hydroxylation sites is 1. The van der Waals surface area contributed by atoms with Gasteiger partial charge in [0.15, 0.2) is 0 Å². The van der Waals surface area contributed by atoms with Gasteiger partial charge in [0.2, 0.25) is 0 Å². The van der Waals surface area contributed by atoms with Crippen molar-refractivity contribution in [2.75, 3.05) is 13.2 Å². The Labute approximate surface area is 180 Å². The summed E-state index contributed by atoms with van der Waals surface area (Å²) in [5.74, 6) is 0.0768. The van der Waals surface area contributed by atoms with Crippen LogP contribution in [0.5, 0.6) is 0 Å². The first-order valence-corrected chi connectivity index (χ1v) is 10.5. The van der Waals surface area contributed by atoms with E-state index >= 15 is 0 Å². The summed E-state index contributed by atoms with van der Waals surface area (Å²) < 4.78 is 5.56. The maximum Gasteiger partial charge on any atom is 0.407 e. The van der Waals surface area contributed by atoms with E-state index in [1.165, 1.54) is 22.3 Å². The second-order valence-electron chi connectivity index (χ2n) is 7.62. The molecule has 0 spiro atoms. The molecule has 5 nitrogen and oxygen atoms in total. The zero-order valence-corrected chi connectivity index (χ0v) is 17.0. The molecular weight excluding hydrogens is 386 g/mol. The van der Waals surface area contributed by atoms with Crippen molar-refractivity contribution in [1.29, 1.82) is 0 Å². The monoisotopic (exact) mass is 409 g/mol. The lowest BCUT2D eigenvalue weighted by Crippen LogP contribution is -2.26. The Hall–Kier alpha value is -3.86. The Morgan fingerprint density at radius 1 is 1.00 bits per heavy atom. The molecule has 0 atom stereocenters. The van der Waals surface area contributed by atoms with Gasteiger partial charge in [0.05, 0.1) is 11.7 Å². The fourth-order valence-corrected chi connectivity index (χ4v) is 4.25. The normalized spacial score (nSPS) is 12.8. The number of benzene rings is 3. The largest absolute Gasteiger partial charge is 0.449 e. The SMILES string of the molecule is O=C(NCCC=Cc1cccc2cn[nH]c12)OCC1c2ccccc2-c2ccccc21. The van der Waals surface area contributed by atoms with E-state index in [0.717, 1.165) is 16.5 Å². The molecule has 1 heterocycles. The number of ether oxygens (including phenoxy) is 1. The van der Waals surface area contributed by atoms with Crippen LogP contribution in [0.2, 0.25) is 0 Å². The summed E-state index contributed by atoms with van der Waals surface area (Å²) in [6, 6.07) is 22.7. The van der Waals surface area contributed by atoms with E-state index in [1.54, 1.807) is 0 Å². The fraction of sp³-hybridized carbons (Fsp3) is 0.154. The number of nitrogens with zero attached hydrogens (tertiary/aromatic N) is 1. The number of alkyl carbamates (subject to hydrolysis) is 1. The Morgan fingerprint density at radius 2 is 1.74 bits per heavy atom. The average molecular weight is 409 g/mol. The number of fused-ring (bicyclic) bond motifs is 4. The van der Waals surface area contributed by atoms with Crippen LogP contribution in [0.3, 0.4) is 0 Å². The zero-order chi connectivity index (χ0) is 21.0. The standard InChI is InChI=1S/C26H23N3O2/c30-26(27-15-6-5-8-18-9-7-10-19-16-28-29-25(18)19)31-17-24-22-13-3-1-11-20(22)21-12-2-4-14-23(21)24/h1-5,7-14,16,24H,6,15,17H2,(H,27,30)(H,28,29). The fourth-order valence-electron chi connectivity index (χ4n) is 4.25. The summed E-state index contributed by atoms with van der Waals surface area (Å²) in [6.45, 7) is 0.851. The minimum absolute atomic E-state index is 0.0768. The number of aromatic amines is 1. The number of nitrogens with one attached hydrogen (secondary N) is 2. The maximum absolute atomic E-state index is 12.2. The molecule has 0 aliphatic heterocycles. The van der Waals surface area contributed by atoms with E-state index in [4.69, 9.17) is 4.74 Å².